The first-order chi connectivity index (χ1) is 16.5. The van der Waals surface area contributed by atoms with Crippen molar-refractivity contribution in [3.05, 3.63) is 65.7 Å². The van der Waals surface area contributed by atoms with E-state index in [1.807, 2.05) is 70.2 Å². The number of sulfonamides is 1. The fourth-order valence-electron chi connectivity index (χ4n) is 3.84. The van der Waals surface area contributed by atoms with Crippen molar-refractivity contribution in [2.75, 3.05) is 23.7 Å². The Kier molecular flexibility index (Phi) is 10.8. The van der Waals surface area contributed by atoms with Crippen LogP contribution < -0.4 is 9.62 Å². The number of amides is 2. The molecule has 2 aromatic carbocycles. The molecular formula is C27H39N3O4S. The maximum atomic E-state index is 13.4. The highest BCUT2D eigenvalue weighted by Gasteiger charge is 2.28. The molecule has 2 amide bonds. The molecule has 0 aliphatic rings. The standard InChI is InChI=1S/C27H39N3O4S/c1-6-25(27(32)28-19-21(2)3)29(20-23-11-8-7-9-12-23)26(31)13-10-18-30(35(5,33)34)24-16-14-22(4)15-17-24/h7-9,11-12,14-17,21,25H,6,10,13,18-20H2,1-5H3,(H,28,32). The molecule has 0 fully saturated rings. The molecule has 0 radical (unpaired) electrons. The van der Waals surface area contributed by atoms with Crippen LogP contribution in [0.15, 0.2) is 54.6 Å². The second-order valence-corrected chi connectivity index (χ2v) is 11.3. The van der Waals surface area contributed by atoms with E-state index in [0.29, 0.717) is 37.5 Å². The lowest BCUT2D eigenvalue weighted by atomic mass is 10.1. The van der Waals surface area contributed by atoms with Crippen LogP contribution in [0.4, 0.5) is 5.69 Å². The lowest BCUT2D eigenvalue weighted by molar-refractivity contribution is -0.141. The molecule has 0 heterocycles. The highest BCUT2D eigenvalue weighted by atomic mass is 32.2. The van der Waals surface area contributed by atoms with Gasteiger partial charge in [-0.3, -0.25) is 13.9 Å². The molecule has 0 aromatic heterocycles. The number of aryl methyl sites for hydroxylation is 1. The Hall–Kier alpha value is -2.87. The molecule has 0 saturated heterocycles. The van der Waals surface area contributed by atoms with Crippen molar-refractivity contribution in [3.8, 4) is 0 Å². The van der Waals surface area contributed by atoms with E-state index in [4.69, 9.17) is 0 Å². The first-order valence-corrected chi connectivity index (χ1v) is 14.0. The fraction of sp³-hybridized carbons (Fsp3) is 0.481. The van der Waals surface area contributed by atoms with Crippen molar-refractivity contribution in [2.45, 2.75) is 59.5 Å². The van der Waals surface area contributed by atoms with E-state index in [1.54, 1.807) is 17.0 Å². The quantitative estimate of drug-likeness (QED) is 0.447. The van der Waals surface area contributed by atoms with Gasteiger partial charge >= 0.3 is 0 Å². The van der Waals surface area contributed by atoms with Gasteiger partial charge in [0.2, 0.25) is 21.8 Å². The molecule has 0 bridgehead atoms. The van der Waals surface area contributed by atoms with Crippen molar-refractivity contribution < 1.29 is 18.0 Å². The third-order valence-corrected chi connectivity index (χ3v) is 6.93. The number of nitrogens with zero attached hydrogens (tertiary/aromatic N) is 2. The van der Waals surface area contributed by atoms with Crippen molar-refractivity contribution in [3.63, 3.8) is 0 Å². The summed E-state index contributed by atoms with van der Waals surface area (Å²) in [4.78, 5) is 28.0. The van der Waals surface area contributed by atoms with Crippen molar-refractivity contribution in [2.24, 2.45) is 5.92 Å². The average Bonchev–Trinajstić information content (AvgIpc) is 2.81. The number of nitrogens with one attached hydrogen (secondary N) is 1. The number of benzene rings is 2. The molecule has 0 aliphatic carbocycles. The second-order valence-electron chi connectivity index (χ2n) is 9.34. The molecule has 8 heteroatoms. The molecular weight excluding hydrogens is 462 g/mol. The second kappa shape index (κ2) is 13.3. The Morgan fingerprint density at radius 2 is 1.63 bits per heavy atom. The van der Waals surface area contributed by atoms with Crippen LogP contribution >= 0.6 is 0 Å². The zero-order valence-corrected chi connectivity index (χ0v) is 22.3. The van der Waals surface area contributed by atoms with Gasteiger partial charge in [-0.1, -0.05) is 68.8 Å². The molecule has 1 atom stereocenters. The van der Waals surface area contributed by atoms with Gasteiger partial charge < -0.3 is 10.2 Å². The number of rotatable bonds is 13. The van der Waals surface area contributed by atoms with Crippen LogP contribution in [0, 0.1) is 12.8 Å². The molecule has 2 rings (SSSR count). The maximum Gasteiger partial charge on any atom is 0.242 e. The number of anilines is 1. The van der Waals surface area contributed by atoms with Crippen LogP contribution in [0.1, 0.15) is 51.2 Å². The van der Waals surface area contributed by atoms with Crippen LogP contribution in [0.3, 0.4) is 0 Å². The van der Waals surface area contributed by atoms with Gasteiger partial charge in [0, 0.05) is 26.1 Å². The largest absolute Gasteiger partial charge is 0.354 e. The summed E-state index contributed by atoms with van der Waals surface area (Å²) in [6.07, 6.45) is 2.14. The van der Waals surface area contributed by atoms with Crippen molar-refractivity contribution in [1.29, 1.82) is 0 Å². The summed E-state index contributed by atoms with van der Waals surface area (Å²) in [5, 5.41) is 2.95. The van der Waals surface area contributed by atoms with E-state index in [-0.39, 0.29) is 24.8 Å². The minimum Gasteiger partial charge on any atom is -0.354 e. The Morgan fingerprint density at radius 1 is 1.00 bits per heavy atom. The summed E-state index contributed by atoms with van der Waals surface area (Å²) >= 11 is 0. The molecule has 0 spiro atoms. The number of hydrogen-bond acceptors (Lipinski definition) is 4. The Balaban J connectivity index is 2.17. The van der Waals surface area contributed by atoms with E-state index in [9.17, 15) is 18.0 Å². The Bertz CT molecular complexity index is 1050. The Labute approximate surface area is 210 Å². The van der Waals surface area contributed by atoms with Gasteiger partial charge in [-0.15, -0.1) is 0 Å². The Morgan fingerprint density at radius 3 is 2.17 bits per heavy atom. The molecule has 7 nitrogen and oxygen atoms in total. The van der Waals surface area contributed by atoms with Gasteiger partial charge in [0.05, 0.1) is 11.9 Å². The predicted molar refractivity (Wildman–Crippen MR) is 142 cm³/mol. The van der Waals surface area contributed by atoms with Crippen LogP contribution in [-0.2, 0) is 26.2 Å². The highest BCUT2D eigenvalue weighted by Crippen LogP contribution is 2.20. The van der Waals surface area contributed by atoms with Crippen LogP contribution in [0.5, 0.6) is 0 Å². The number of carbonyl (C=O) groups is 2. The molecule has 192 valence electrons. The van der Waals surface area contributed by atoms with Crippen molar-refractivity contribution >= 4 is 27.5 Å². The molecule has 1 N–H and O–H groups in total. The van der Waals surface area contributed by atoms with Crippen LogP contribution in [-0.4, -0.2) is 50.5 Å². The van der Waals surface area contributed by atoms with E-state index < -0.39 is 16.1 Å². The summed E-state index contributed by atoms with van der Waals surface area (Å²) < 4.78 is 26.2. The molecule has 0 saturated carbocycles. The van der Waals surface area contributed by atoms with Gasteiger partial charge in [0.1, 0.15) is 6.04 Å². The lowest BCUT2D eigenvalue weighted by Gasteiger charge is -2.31. The SMILES string of the molecule is CCC(C(=O)NCC(C)C)N(Cc1ccccc1)C(=O)CCCN(c1ccc(C)cc1)S(C)(=O)=O. The summed E-state index contributed by atoms with van der Waals surface area (Å²) in [6, 6.07) is 16.3. The molecule has 35 heavy (non-hydrogen) atoms. The lowest BCUT2D eigenvalue weighted by Crippen LogP contribution is -2.49. The first-order valence-electron chi connectivity index (χ1n) is 12.2. The summed E-state index contributed by atoms with van der Waals surface area (Å²) in [5.41, 5.74) is 2.55. The van der Waals surface area contributed by atoms with Gasteiger partial charge in [-0.05, 0) is 43.4 Å². The summed E-state index contributed by atoms with van der Waals surface area (Å²) in [7, 11) is -3.50. The molecule has 0 aliphatic heterocycles. The maximum absolute atomic E-state index is 13.4. The van der Waals surface area contributed by atoms with Gasteiger partial charge in [0.25, 0.3) is 0 Å². The van der Waals surface area contributed by atoms with E-state index >= 15 is 0 Å². The van der Waals surface area contributed by atoms with Gasteiger partial charge in [-0.25, -0.2) is 8.42 Å². The van der Waals surface area contributed by atoms with Crippen LogP contribution in [0.25, 0.3) is 0 Å². The minimum absolute atomic E-state index is 0.138. The smallest absolute Gasteiger partial charge is 0.242 e. The summed E-state index contributed by atoms with van der Waals surface area (Å²) in [5.74, 6) is -0.0286. The van der Waals surface area contributed by atoms with E-state index in [2.05, 4.69) is 5.32 Å². The molecule has 1 unspecified atom stereocenters. The fourth-order valence-corrected chi connectivity index (χ4v) is 4.80. The van der Waals surface area contributed by atoms with Gasteiger partial charge in [-0.2, -0.15) is 0 Å². The third kappa shape index (κ3) is 9.02. The number of carbonyl (C=O) groups excluding carboxylic acids is 2. The number of hydrogen-bond donors (Lipinski definition) is 1. The zero-order valence-electron chi connectivity index (χ0n) is 21.5. The summed E-state index contributed by atoms with van der Waals surface area (Å²) in [6.45, 7) is 8.93. The van der Waals surface area contributed by atoms with Gasteiger partial charge in [0.15, 0.2) is 0 Å². The predicted octanol–water partition coefficient (Wildman–Crippen LogP) is 4.12. The topological polar surface area (TPSA) is 86.8 Å². The molecule has 2 aromatic rings. The van der Waals surface area contributed by atoms with Crippen molar-refractivity contribution in [1.82, 2.24) is 10.2 Å². The monoisotopic (exact) mass is 501 g/mol. The zero-order chi connectivity index (χ0) is 26.0. The van der Waals surface area contributed by atoms with E-state index in [1.165, 1.54) is 10.6 Å². The first kappa shape index (κ1) is 28.4. The third-order valence-electron chi connectivity index (χ3n) is 5.74. The van der Waals surface area contributed by atoms with E-state index in [0.717, 1.165) is 11.1 Å². The normalized spacial score (nSPS) is 12.3. The minimum atomic E-state index is -3.50. The van der Waals surface area contributed by atoms with Crippen LogP contribution in [0.2, 0.25) is 0 Å². The average molecular weight is 502 g/mol. The highest BCUT2D eigenvalue weighted by molar-refractivity contribution is 7.92.